The molecule has 1 amide bonds. The molecule has 0 saturated carbocycles. The Morgan fingerprint density at radius 3 is 2.38 bits per heavy atom. The molecule has 1 aromatic carbocycles. The summed E-state index contributed by atoms with van der Waals surface area (Å²) in [4.78, 5) is 25.6. The molecule has 1 aromatic heterocycles. The van der Waals surface area contributed by atoms with Crippen molar-refractivity contribution in [2.45, 2.75) is 40.0 Å². The predicted molar refractivity (Wildman–Crippen MR) is 98.1 cm³/mol. The average molecular weight is 345 g/mol. The summed E-state index contributed by atoms with van der Waals surface area (Å²) in [6, 6.07) is 9.29. The second-order valence-electron chi connectivity index (χ2n) is 5.77. The molecule has 5 heteroatoms. The van der Waals surface area contributed by atoms with Crippen LogP contribution in [0.25, 0.3) is 0 Å². The van der Waals surface area contributed by atoms with Gasteiger partial charge in [-0.15, -0.1) is 11.3 Å². The van der Waals surface area contributed by atoms with Crippen molar-refractivity contribution in [1.82, 2.24) is 0 Å². The van der Waals surface area contributed by atoms with Crippen LogP contribution in [0.3, 0.4) is 0 Å². The Hall–Kier alpha value is -2.14. The van der Waals surface area contributed by atoms with Gasteiger partial charge in [0.1, 0.15) is 5.00 Å². The Kier molecular flexibility index (Phi) is 6.15. The van der Waals surface area contributed by atoms with E-state index in [1.165, 1.54) is 16.9 Å². The van der Waals surface area contributed by atoms with Crippen molar-refractivity contribution < 1.29 is 14.3 Å². The first-order valence-corrected chi connectivity index (χ1v) is 8.99. The molecule has 2 rings (SSSR count). The number of rotatable bonds is 6. The highest BCUT2D eigenvalue weighted by atomic mass is 32.1. The molecule has 0 atom stereocenters. The Balaban J connectivity index is 2.26. The van der Waals surface area contributed by atoms with Gasteiger partial charge in [0, 0.05) is 10.4 Å². The molecule has 0 fully saturated rings. The van der Waals surface area contributed by atoms with Crippen molar-refractivity contribution in [1.29, 1.82) is 0 Å². The van der Waals surface area contributed by atoms with Gasteiger partial charge in [0.2, 0.25) is 0 Å². The third-order valence-corrected chi connectivity index (χ3v) is 5.02. The van der Waals surface area contributed by atoms with Crippen LogP contribution in [0.15, 0.2) is 30.3 Å². The van der Waals surface area contributed by atoms with Crippen molar-refractivity contribution in [2.75, 3.05) is 11.9 Å². The first-order chi connectivity index (χ1) is 11.5. The van der Waals surface area contributed by atoms with Crippen LogP contribution in [0.2, 0.25) is 0 Å². The van der Waals surface area contributed by atoms with Gasteiger partial charge in [-0.3, -0.25) is 4.79 Å². The molecule has 2 aromatic rings. The van der Waals surface area contributed by atoms with Crippen LogP contribution >= 0.6 is 11.3 Å². The van der Waals surface area contributed by atoms with E-state index in [-0.39, 0.29) is 11.8 Å². The predicted octanol–water partition coefficient (Wildman–Crippen LogP) is 4.86. The van der Waals surface area contributed by atoms with Crippen LogP contribution in [-0.2, 0) is 11.2 Å². The summed E-state index contributed by atoms with van der Waals surface area (Å²) >= 11 is 1.42. The maximum atomic E-state index is 12.5. The third-order valence-electron chi connectivity index (χ3n) is 3.67. The summed E-state index contributed by atoms with van der Waals surface area (Å²) in [5.41, 5.74) is 2.17. The van der Waals surface area contributed by atoms with Gasteiger partial charge in [-0.05, 0) is 43.0 Å². The number of hydrogen-bond acceptors (Lipinski definition) is 4. The van der Waals surface area contributed by atoms with Crippen LogP contribution in [0, 0.1) is 0 Å². The fourth-order valence-electron chi connectivity index (χ4n) is 2.22. The number of carbonyl (C=O) groups is 2. The molecule has 0 radical (unpaired) electrons. The molecule has 4 nitrogen and oxygen atoms in total. The van der Waals surface area contributed by atoms with E-state index in [9.17, 15) is 9.59 Å². The lowest BCUT2D eigenvalue weighted by Gasteiger charge is -2.06. The monoisotopic (exact) mass is 345 g/mol. The number of ether oxygens (including phenoxy) is 1. The van der Waals surface area contributed by atoms with Gasteiger partial charge < -0.3 is 10.1 Å². The molecule has 0 aliphatic rings. The number of nitrogens with one attached hydrogen (secondary N) is 1. The molecule has 1 N–H and O–H groups in total. The molecular formula is C19H23NO3S. The Labute approximate surface area is 146 Å². The molecule has 128 valence electrons. The van der Waals surface area contributed by atoms with Crippen LogP contribution in [0.4, 0.5) is 5.00 Å². The molecular weight excluding hydrogens is 322 g/mol. The fourth-order valence-corrected chi connectivity index (χ4v) is 3.26. The van der Waals surface area contributed by atoms with Gasteiger partial charge in [-0.1, -0.05) is 32.9 Å². The molecule has 0 aliphatic carbocycles. The number of carbonyl (C=O) groups excluding carboxylic acids is 2. The summed E-state index contributed by atoms with van der Waals surface area (Å²) in [6.07, 6.45) is 0.928. The summed E-state index contributed by atoms with van der Waals surface area (Å²) < 4.78 is 5.10. The standard InChI is InChI=1S/C19H23NO3S/c1-5-13-7-9-14(10-8-13)17(21)20-18-15(19(22)23-6-2)11-16(24-18)12(3)4/h7-12H,5-6H2,1-4H3,(H,20,21). The fraction of sp³-hybridized carbons (Fsp3) is 0.368. The largest absolute Gasteiger partial charge is 0.462 e. The Morgan fingerprint density at radius 1 is 1.17 bits per heavy atom. The van der Waals surface area contributed by atoms with Gasteiger partial charge in [0.15, 0.2) is 0 Å². The highest BCUT2D eigenvalue weighted by Crippen LogP contribution is 2.33. The van der Waals surface area contributed by atoms with E-state index in [1.807, 2.05) is 18.2 Å². The molecule has 24 heavy (non-hydrogen) atoms. The van der Waals surface area contributed by atoms with E-state index in [2.05, 4.69) is 26.1 Å². The highest BCUT2D eigenvalue weighted by molar-refractivity contribution is 7.16. The smallest absolute Gasteiger partial charge is 0.341 e. The van der Waals surface area contributed by atoms with Crippen molar-refractivity contribution in [2.24, 2.45) is 0 Å². The number of benzene rings is 1. The molecule has 0 saturated heterocycles. The number of anilines is 1. The van der Waals surface area contributed by atoms with Gasteiger partial charge >= 0.3 is 5.97 Å². The van der Waals surface area contributed by atoms with Crippen molar-refractivity contribution >= 4 is 28.2 Å². The highest BCUT2D eigenvalue weighted by Gasteiger charge is 2.20. The van der Waals surface area contributed by atoms with E-state index in [1.54, 1.807) is 19.1 Å². The van der Waals surface area contributed by atoms with E-state index < -0.39 is 5.97 Å². The van der Waals surface area contributed by atoms with E-state index >= 15 is 0 Å². The Bertz CT molecular complexity index is 717. The minimum absolute atomic E-state index is 0.222. The van der Waals surface area contributed by atoms with E-state index in [0.29, 0.717) is 22.7 Å². The Morgan fingerprint density at radius 2 is 1.83 bits per heavy atom. The average Bonchev–Trinajstić information content (AvgIpc) is 2.99. The summed E-state index contributed by atoms with van der Waals surface area (Å²) in [5.74, 6) is -0.352. The zero-order valence-electron chi connectivity index (χ0n) is 14.5. The number of hydrogen-bond donors (Lipinski definition) is 1. The molecule has 0 unspecified atom stereocenters. The lowest BCUT2D eigenvalue weighted by atomic mass is 10.1. The molecule has 1 heterocycles. The normalized spacial score (nSPS) is 10.7. The number of esters is 1. The van der Waals surface area contributed by atoms with Crippen LogP contribution in [0.5, 0.6) is 0 Å². The minimum Gasteiger partial charge on any atom is -0.462 e. The first-order valence-electron chi connectivity index (χ1n) is 8.17. The zero-order chi connectivity index (χ0) is 17.7. The van der Waals surface area contributed by atoms with Crippen molar-refractivity contribution in [3.05, 3.63) is 51.9 Å². The third kappa shape index (κ3) is 4.23. The van der Waals surface area contributed by atoms with Crippen LogP contribution in [0.1, 0.15) is 64.8 Å². The quantitative estimate of drug-likeness (QED) is 0.761. The van der Waals surface area contributed by atoms with E-state index in [0.717, 1.165) is 11.3 Å². The topological polar surface area (TPSA) is 55.4 Å². The second kappa shape index (κ2) is 8.11. The van der Waals surface area contributed by atoms with Crippen molar-refractivity contribution in [3.63, 3.8) is 0 Å². The van der Waals surface area contributed by atoms with Gasteiger partial charge in [-0.25, -0.2) is 4.79 Å². The van der Waals surface area contributed by atoms with Crippen LogP contribution < -0.4 is 5.32 Å². The summed E-state index contributed by atoms with van der Waals surface area (Å²) in [7, 11) is 0. The maximum Gasteiger partial charge on any atom is 0.341 e. The number of thiophene rings is 1. The molecule has 0 bridgehead atoms. The molecule has 0 spiro atoms. The SMILES string of the molecule is CCOC(=O)c1cc(C(C)C)sc1NC(=O)c1ccc(CC)cc1. The number of aryl methyl sites for hydroxylation is 1. The number of amides is 1. The minimum atomic E-state index is -0.405. The lowest BCUT2D eigenvalue weighted by molar-refractivity contribution is 0.0528. The van der Waals surface area contributed by atoms with E-state index in [4.69, 9.17) is 4.74 Å². The van der Waals surface area contributed by atoms with Gasteiger partial charge in [-0.2, -0.15) is 0 Å². The van der Waals surface area contributed by atoms with Crippen molar-refractivity contribution in [3.8, 4) is 0 Å². The summed E-state index contributed by atoms with van der Waals surface area (Å²) in [5, 5.41) is 3.40. The second-order valence-corrected chi connectivity index (χ2v) is 6.86. The van der Waals surface area contributed by atoms with Crippen LogP contribution in [-0.4, -0.2) is 18.5 Å². The zero-order valence-corrected chi connectivity index (χ0v) is 15.3. The maximum absolute atomic E-state index is 12.5. The summed E-state index contributed by atoms with van der Waals surface area (Å²) in [6.45, 7) is 8.24. The molecule has 0 aliphatic heterocycles. The van der Waals surface area contributed by atoms with Gasteiger partial charge in [0.05, 0.1) is 12.2 Å². The first kappa shape index (κ1) is 18.2. The van der Waals surface area contributed by atoms with Gasteiger partial charge in [0.25, 0.3) is 5.91 Å². The lowest BCUT2D eigenvalue weighted by Crippen LogP contribution is -2.14.